The van der Waals surface area contributed by atoms with Gasteiger partial charge in [0.25, 0.3) is 5.91 Å². The predicted molar refractivity (Wildman–Crippen MR) is 89.1 cm³/mol. The van der Waals surface area contributed by atoms with E-state index in [2.05, 4.69) is 15.3 Å². The van der Waals surface area contributed by atoms with Crippen LogP contribution in [0.2, 0.25) is 0 Å². The lowest BCUT2D eigenvalue weighted by molar-refractivity contribution is 0.0946. The second-order valence-corrected chi connectivity index (χ2v) is 6.14. The van der Waals surface area contributed by atoms with Gasteiger partial charge in [0.2, 0.25) is 0 Å². The Kier molecular flexibility index (Phi) is 3.12. The first-order valence-electron chi connectivity index (χ1n) is 7.00. The van der Waals surface area contributed by atoms with E-state index in [9.17, 15) is 4.79 Å². The number of nitrogens with one attached hydrogen (secondary N) is 2. The van der Waals surface area contributed by atoms with E-state index in [4.69, 9.17) is 0 Å². The van der Waals surface area contributed by atoms with Gasteiger partial charge in [0.05, 0.1) is 16.8 Å². The van der Waals surface area contributed by atoms with E-state index in [0.717, 1.165) is 26.1 Å². The van der Waals surface area contributed by atoms with Crippen molar-refractivity contribution in [2.45, 2.75) is 6.54 Å². The molecule has 0 spiro atoms. The van der Waals surface area contributed by atoms with Crippen LogP contribution >= 0.6 is 11.3 Å². The molecule has 0 bridgehead atoms. The van der Waals surface area contributed by atoms with Crippen LogP contribution in [0.1, 0.15) is 15.5 Å². The van der Waals surface area contributed by atoms with Gasteiger partial charge in [-0.25, -0.2) is 4.98 Å². The number of aromatic nitrogens is 2. The standard InChI is InChI=1S/C17H13N3OS/c21-17(14-9-11-5-1-2-6-12(11)19-14)18-10-16-20-13-7-3-4-8-15(13)22-16/h1-9,19H,10H2,(H,18,21). The Hall–Kier alpha value is -2.66. The normalized spacial score (nSPS) is 11.1. The first kappa shape index (κ1) is 13.0. The zero-order valence-corrected chi connectivity index (χ0v) is 12.5. The number of rotatable bonds is 3. The van der Waals surface area contributed by atoms with Crippen LogP contribution in [0.25, 0.3) is 21.1 Å². The number of benzene rings is 2. The van der Waals surface area contributed by atoms with Crippen LogP contribution in [-0.4, -0.2) is 15.9 Å². The van der Waals surface area contributed by atoms with Gasteiger partial charge in [-0.15, -0.1) is 11.3 Å². The second-order valence-electron chi connectivity index (χ2n) is 5.03. The molecule has 0 aliphatic rings. The van der Waals surface area contributed by atoms with Crippen LogP contribution in [-0.2, 0) is 6.54 Å². The predicted octanol–water partition coefficient (Wildman–Crippen LogP) is 3.71. The number of amides is 1. The molecule has 1 amide bonds. The molecular formula is C17H13N3OS. The minimum Gasteiger partial charge on any atom is -0.351 e. The molecular weight excluding hydrogens is 294 g/mol. The van der Waals surface area contributed by atoms with E-state index < -0.39 is 0 Å². The van der Waals surface area contributed by atoms with Crippen molar-refractivity contribution in [3.05, 3.63) is 65.3 Å². The summed E-state index contributed by atoms with van der Waals surface area (Å²) < 4.78 is 1.14. The molecule has 0 atom stereocenters. The fraction of sp³-hybridized carbons (Fsp3) is 0.0588. The number of para-hydroxylation sites is 2. The van der Waals surface area contributed by atoms with Gasteiger partial charge in [-0.05, 0) is 24.3 Å². The number of fused-ring (bicyclic) bond motifs is 2. The molecule has 0 aliphatic carbocycles. The summed E-state index contributed by atoms with van der Waals surface area (Å²) in [5.74, 6) is -0.115. The highest BCUT2D eigenvalue weighted by Gasteiger charge is 2.10. The fourth-order valence-electron chi connectivity index (χ4n) is 2.44. The van der Waals surface area contributed by atoms with E-state index in [1.165, 1.54) is 0 Å². The van der Waals surface area contributed by atoms with Crippen molar-refractivity contribution in [1.29, 1.82) is 0 Å². The molecule has 2 heterocycles. The van der Waals surface area contributed by atoms with Crippen LogP contribution in [0.15, 0.2) is 54.6 Å². The lowest BCUT2D eigenvalue weighted by Gasteiger charge is -2.00. The highest BCUT2D eigenvalue weighted by molar-refractivity contribution is 7.18. The maximum atomic E-state index is 12.2. The molecule has 4 rings (SSSR count). The maximum Gasteiger partial charge on any atom is 0.268 e. The van der Waals surface area contributed by atoms with Gasteiger partial charge in [0, 0.05) is 10.9 Å². The Labute approximate surface area is 130 Å². The van der Waals surface area contributed by atoms with Crippen molar-refractivity contribution < 1.29 is 4.79 Å². The van der Waals surface area contributed by atoms with Crippen LogP contribution < -0.4 is 5.32 Å². The number of thiazole rings is 1. The fourth-order valence-corrected chi connectivity index (χ4v) is 3.35. The summed E-state index contributed by atoms with van der Waals surface area (Å²) in [5.41, 5.74) is 2.51. The van der Waals surface area contributed by atoms with Gasteiger partial charge in [-0.1, -0.05) is 30.3 Å². The first-order valence-corrected chi connectivity index (χ1v) is 7.82. The number of H-pyrrole nitrogens is 1. The topological polar surface area (TPSA) is 57.8 Å². The Bertz CT molecular complexity index is 904. The number of nitrogens with zero attached hydrogens (tertiary/aromatic N) is 1. The number of carbonyl (C=O) groups excluding carboxylic acids is 1. The average Bonchev–Trinajstić information content (AvgIpc) is 3.15. The Morgan fingerprint density at radius 2 is 1.95 bits per heavy atom. The van der Waals surface area contributed by atoms with Crippen molar-refractivity contribution in [2.24, 2.45) is 0 Å². The summed E-state index contributed by atoms with van der Waals surface area (Å²) in [6.07, 6.45) is 0. The Balaban J connectivity index is 1.51. The van der Waals surface area contributed by atoms with E-state index in [1.54, 1.807) is 11.3 Å². The van der Waals surface area contributed by atoms with Crippen molar-refractivity contribution in [2.75, 3.05) is 0 Å². The zero-order chi connectivity index (χ0) is 14.9. The van der Waals surface area contributed by atoms with Crippen LogP contribution in [0.4, 0.5) is 0 Å². The molecule has 2 N–H and O–H groups in total. The summed E-state index contributed by atoms with van der Waals surface area (Å²) in [5, 5.41) is 4.86. The summed E-state index contributed by atoms with van der Waals surface area (Å²) in [7, 11) is 0. The van der Waals surface area contributed by atoms with Gasteiger partial charge < -0.3 is 10.3 Å². The molecule has 5 heteroatoms. The number of carbonyl (C=O) groups is 1. The van der Waals surface area contributed by atoms with E-state index in [1.807, 2.05) is 54.6 Å². The average molecular weight is 307 g/mol. The molecule has 2 aromatic heterocycles. The van der Waals surface area contributed by atoms with E-state index >= 15 is 0 Å². The summed E-state index contributed by atoms with van der Waals surface area (Å²) >= 11 is 1.60. The third-order valence-corrected chi connectivity index (χ3v) is 4.55. The zero-order valence-electron chi connectivity index (χ0n) is 11.7. The van der Waals surface area contributed by atoms with Crippen molar-refractivity contribution in [3.63, 3.8) is 0 Å². The quantitative estimate of drug-likeness (QED) is 0.606. The molecule has 0 aliphatic heterocycles. The van der Waals surface area contributed by atoms with Gasteiger partial charge >= 0.3 is 0 Å². The van der Waals surface area contributed by atoms with E-state index in [-0.39, 0.29) is 5.91 Å². The Morgan fingerprint density at radius 3 is 2.82 bits per heavy atom. The Morgan fingerprint density at radius 1 is 1.14 bits per heavy atom. The van der Waals surface area contributed by atoms with Gasteiger partial charge in [0.15, 0.2) is 0 Å². The van der Waals surface area contributed by atoms with Crippen molar-refractivity contribution in [3.8, 4) is 0 Å². The lowest BCUT2D eigenvalue weighted by atomic mass is 10.2. The largest absolute Gasteiger partial charge is 0.351 e. The highest BCUT2D eigenvalue weighted by atomic mass is 32.1. The number of aromatic amines is 1. The number of hydrogen-bond acceptors (Lipinski definition) is 3. The minimum atomic E-state index is -0.115. The minimum absolute atomic E-state index is 0.115. The molecule has 108 valence electrons. The molecule has 0 saturated heterocycles. The number of hydrogen-bond donors (Lipinski definition) is 2. The monoisotopic (exact) mass is 307 g/mol. The third-order valence-electron chi connectivity index (χ3n) is 3.51. The molecule has 2 aromatic carbocycles. The molecule has 4 aromatic rings. The maximum absolute atomic E-state index is 12.2. The third kappa shape index (κ3) is 2.35. The molecule has 0 saturated carbocycles. The molecule has 0 radical (unpaired) electrons. The van der Waals surface area contributed by atoms with Crippen LogP contribution in [0, 0.1) is 0 Å². The second kappa shape index (κ2) is 5.27. The summed E-state index contributed by atoms with van der Waals surface area (Å²) in [6.45, 7) is 0.438. The van der Waals surface area contributed by atoms with Gasteiger partial charge in [-0.3, -0.25) is 4.79 Å². The van der Waals surface area contributed by atoms with Crippen LogP contribution in [0.5, 0.6) is 0 Å². The summed E-state index contributed by atoms with van der Waals surface area (Å²) in [4.78, 5) is 19.9. The highest BCUT2D eigenvalue weighted by Crippen LogP contribution is 2.21. The molecule has 22 heavy (non-hydrogen) atoms. The van der Waals surface area contributed by atoms with E-state index in [0.29, 0.717) is 12.2 Å². The van der Waals surface area contributed by atoms with Crippen molar-refractivity contribution in [1.82, 2.24) is 15.3 Å². The molecule has 4 nitrogen and oxygen atoms in total. The molecule has 0 unspecified atom stereocenters. The van der Waals surface area contributed by atoms with Gasteiger partial charge in [0.1, 0.15) is 10.7 Å². The summed E-state index contributed by atoms with van der Waals surface area (Å²) in [6, 6.07) is 17.7. The molecule has 0 fully saturated rings. The first-order chi connectivity index (χ1) is 10.8. The smallest absolute Gasteiger partial charge is 0.268 e. The van der Waals surface area contributed by atoms with Crippen LogP contribution in [0.3, 0.4) is 0 Å². The lowest BCUT2D eigenvalue weighted by Crippen LogP contribution is -2.22. The van der Waals surface area contributed by atoms with Gasteiger partial charge in [-0.2, -0.15) is 0 Å². The van der Waals surface area contributed by atoms with Crippen molar-refractivity contribution >= 4 is 38.4 Å². The SMILES string of the molecule is O=C(NCc1nc2ccccc2s1)c1cc2ccccc2[nH]1.